The Morgan fingerprint density at radius 3 is 2.84 bits per heavy atom. The molecule has 3 atom stereocenters. The molecule has 0 radical (unpaired) electrons. The topological polar surface area (TPSA) is 81.4 Å². The van der Waals surface area contributed by atoms with Crippen molar-refractivity contribution < 1.29 is 13.2 Å². The average Bonchev–Trinajstić information content (AvgIpc) is 2.36. The summed E-state index contributed by atoms with van der Waals surface area (Å²) in [4.78, 5) is 0.134. The molecule has 0 aliphatic heterocycles. The second-order valence-corrected chi connectivity index (χ2v) is 6.65. The van der Waals surface area contributed by atoms with E-state index in [1.807, 2.05) is 6.92 Å². The van der Waals surface area contributed by atoms with E-state index in [0.717, 1.165) is 0 Å². The van der Waals surface area contributed by atoms with Gasteiger partial charge in [-0.2, -0.15) is 0 Å². The minimum Gasteiger partial charge on any atom is -0.377 e. The summed E-state index contributed by atoms with van der Waals surface area (Å²) in [7, 11) is -3.62. The molecule has 106 valence electrons. The number of rotatable bonds is 5. The van der Waals surface area contributed by atoms with Crippen molar-refractivity contribution in [1.82, 2.24) is 4.72 Å². The molecular formula is C12H17ClN2O3S. The van der Waals surface area contributed by atoms with Crippen LogP contribution < -0.4 is 10.5 Å². The number of hydrogen-bond donors (Lipinski definition) is 2. The molecule has 7 heteroatoms. The van der Waals surface area contributed by atoms with Crippen LogP contribution in [0.4, 0.5) is 0 Å². The zero-order valence-corrected chi connectivity index (χ0v) is 12.1. The SMILES string of the molecule is CCOC1CC(N)C1NS(=O)(=O)c1cccc(Cl)c1. The Kier molecular flexibility index (Phi) is 4.47. The van der Waals surface area contributed by atoms with E-state index in [1.165, 1.54) is 12.1 Å². The van der Waals surface area contributed by atoms with Crippen LogP contribution in [0.1, 0.15) is 13.3 Å². The van der Waals surface area contributed by atoms with E-state index >= 15 is 0 Å². The summed E-state index contributed by atoms with van der Waals surface area (Å²) in [5, 5.41) is 0.377. The van der Waals surface area contributed by atoms with E-state index in [4.69, 9.17) is 22.1 Å². The van der Waals surface area contributed by atoms with E-state index in [9.17, 15) is 8.42 Å². The molecule has 3 N–H and O–H groups in total. The Hall–Kier alpha value is -0.660. The summed E-state index contributed by atoms with van der Waals surface area (Å²) in [6.45, 7) is 2.40. The number of halogens is 1. The summed E-state index contributed by atoms with van der Waals surface area (Å²) in [6.07, 6.45) is 0.505. The van der Waals surface area contributed by atoms with Crippen LogP contribution in [0.3, 0.4) is 0 Å². The fourth-order valence-corrected chi connectivity index (χ4v) is 3.69. The van der Waals surface area contributed by atoms with E-state index in [2.05, 4.69) is 4.72 Å². The van der Waals surface area contributed by atoms with Crippen molar-refractivity contribution in [2.45, 2.75) is 36.4 Å². The van der Waals surface area contributed by atoms with Gasteiger partial charge in [0.1, 0.15) is 0 Å². The summed E-state index contributed by atoms with van der Waals surface area (Å²) >= 11 is 5.80. The molecule has 0 heterocycles. The Labute approximate surface area is 118 Å². The third-order valence-electron chi connectivity index (χ3n) is 3.14. The second kappa shape index (κ2) is 5.76. The molecule has 0 saturated heterocycles. The van der Waals surface area contributed by atoms with Gasteiger partial charge in [0.05, 0.1) is 17.0 Å². The minimum atomic E-state index is -3.62. The normalized spacial score (nSPS) is 27.0. The first kappa shape index (κ1) is 14.7. The molecule has 1 aliphatic rings. The highest BCUT2D eigenvalue weighted by atomic mass is 35.5. The number of benzene rings is 1. The maximum absolute atomic E-state index is 12.2. The molecule has 0 bridgehead atoms. The van der Waals surface area contributed by atoms with Crippen molar-refractivity contribution in [3.63, 3.8) is 0 Å². The molecule has 1 saturated carbocycles. The molecule has 1 aromatic carbocycles. The lowest BCUT2D eigenvalue weighted by molar-refractivity contribution is -0.0248. The standard InChI is InChI=1S/C12H17ClN2O3S/c1-2-18-11-7-10(14)12(11)15-19(16,17)9-5-3-4-8(13)6-9/h3-6,10-12,15H,2,7,14H2,1H3. The number of sulfonamides is 1. The summed E-state index contributed by atoms with van der Waals surface area (Å²) in [5.41, 5.74) is 5.83. The first-order chi connectivity index (χ1) is 8.94. The minimum absolute atomic E-state index is 0.134. The van der Waals surface area contributed by atoms with Gasteiger partial charge in [-0.05, 0) is 31.5 Å². The van der Waals surface area contributed by atoms with Crippen LogP contribution in [0.25, 0.3) is 0 Å². The van der Waals surface area contributed by atoms with Crippen molar-refractivity contribution in [1.29, 1.82) is 0 Å². The van der Waals surface area contributed by atoms with Crippen LogP contribution in [0.5, 0.6) is 0 Å². The fraction of sp³-hybridized carbons (Fsp3) is 0.500. The van der Waals surface area contributed by atoms with E-state index < -0.39 is 10.0 Å². The largest absolute Gasteiger partial charge is 0.377 e. The highest BCUT2D eigenvalue weighted by Gasteiger charge is 2.41. The van der Waals surface area contributed by atoms with E-state index in [1.54, 1.807) is 12.1 Å². The van der Waals surface area contributed by atoms with Gasteiger partial charge in [0, 0.05) is 17.7 Å². The third-order valence-corrected chi connectivity index (χ3v) is 4.84. The zero-order chi connectivity index (χ0) is 14.0. The summed E-state index contributed by atoms with van der Waals surface area (Å²) in [5.74, 6) is 0. The number of nitrogens with one attached hydrogen (secondary N) is 1. The van der Waals surface area contributed by atoms with Gasteiger partial charge in [-0.3, -0.25) is 0 Å². The molecule has 1 aromatic rings. The van der Waals surface area contributed by atoms with Crippen molar-refractivity contribution in [2.75, 3.05) is 6.61 Å². The van der Waals surface area contributed by atoms with Gasteiger partial charge < -0.3 is 10.5 Å². The lowest BCUT2D eigenvalue weighted by Crippen LogP contribution is -2.64. The first-order valence-corrected chi connectivity index (χ1v) is 7.95. The van der Waals surface area contributed by atoms with Gasteiger partial charge in [0.25, 0.3) is 0 Å². The number of hydrogen-bond acceptors (Lipinski definition) is 4. The molecule has 19 heavy (non-hydrogen) atoms. The molecule has 0 aromatic heterocycles. The van der Waals surface area contributed by atoms with Gasteiger partial charge in [-0.25, -0.2) is 13.1 Å². The van der Waals surface area contributed by atoms with Crippen molar-refractivity contribution in [3.05, 3.63) is 29.3 Å². The van der Waals surface area contributed by atoms with Gasteiger partial charge in [-0.15, -0.1) is 0 Å². The Bertz CT molecular complexity index is 548. The predicted octanol–water partition coefficient (Wildman–Crippen LogP) is 1.12. The van der Waals surface area contributed by atoms with Gasteiger partial charge in [0.15, 0.2) is 0 Å². The van der Waals surface area contributed by atoms with Gasteiger partial charge in [-0.1, -0.05) is 17.7 Å². The summed E-state index contributed by atoms with van der Waals surface area (Å²) in [6, 6.07) is 5.52. The van der Waals surface area contributed by atoms with Crippen LogP contribution in [0, 0.1) is 0 Å². The molecule has 0 spiro atoms. The van der Waals surface area contributed by atoms with Crippen molar-refractivity contribution in [3.8, 4) is 0 Å². The maximum atomic E-state index is 12.2. The fourth-order valence-electron chi connectivity index (χ4n) is 2.07. The number of ether oxygens (including phenoxy) is 1. The van der Waals surface area contributed by atoms with Gasteiger partial charge >= 0.3 is 0 Å². The number of nitrogens with two attached hydrogens (primary N) is 1. The van der Waals surface area contributed by atoms with E-state index in [0.29, 0.717) is 18.1 Å². The van der Waals surface area contributed by atoms with Crippen molar-refractivity contribution in [2.24, 2.45) is 5.73 Å². The van der Waals surface area contributed by atoms with Crippen LogP contribution in [0.15, 0.2) is 29.2 Å². The molecule has 0 amide bonds. The smallest absolute Gasteiger partial charge is 0.241 e. The predicted molar refractivity (Wildman–Crippen MR) is 73.6 cm³/mol. The Morgan fingerprint density at radius 2 is 2.26 bits per heavy atom. The molecular weight excluding hydrogens is 288 g/mol. The van der Waals surface area contributed by atoms with Crippen LogP contribution >= 0.6 is 11.6 Å². The third kappa shape index (κ3) is 3.27. The second-order valence-electron chi connectivity index (χ2n) is 4.50. The van der Waals surface area contributed by atoms with Crippen molar-refractivity contribution >= 4 is 21.6 Å². The first-order valence-electron chi connectivity index (χ1n) is 6.09. The average molecular weight is 305 g/mol. The summed E-state index contributed by atoms with van der Waals surface area (Å²) < 4.78 is 32.4. The lowest BCUT2D eigenvalue weighted by atomic mass is 9.84. The highest BCUT2D eigenvalue weighted by Crippen LogP contribution is 2.25. The monoisotopic (exact) mass is 304 g/mol. The Morgan fingerprint density at radius 1 is 1.53 bits per heavy atom. The molecule has 3 unspecified atom stereocenters. The lowest BCUT2D eigenvalue weighted by Gasteiger charge is -2.42. The molecule has 5 nitrogen and oxygen atoms in total. The van der Waals surface area contributed by atoms with Crippen LogP contribution in [0.2, 0.25) is 5.02 Å². The maximum Gasteiger partial charge on any atom is 0.241 e. The molecule has 1 fully saturated rings. The van der Waals surface area contributed by atoms with Crippen LogP contribution in [-0.2, 0) is 14.8 Å². The molecule has 2 rings (SSSR count). The zero-order valence-electron chi connectivity index (χ0n) is 10.5. The van der Waals surface area contributed by atoms with Crippen LogP contribution in [-0.4, -0.2) is 33.2 Å². The Balaban J connectivity index is 2.13. The molecule has 1 aliphatic carbocycles. The quantitative estimate of drug-likeness (QED) is 0.854. The van der Waals surface area contributed by atoms with E-state index in [-0.39, 0.29) is 23.1 Å². The highest BCUT2D eigenvalue weighted by molar-refractivity contribution is 7.89. The van der Waals surface area contributed by atoms with Gasteiger partial charge in [0.2, 0.25) is 10.0 Å².